The van der Waals surface area contributed by atoms with E-state index in [1.807, 2.05) is 23.5 Å². The van der Waals surface area contributed by atoms with Gasteiger partial charge < -0.3 is 4.57 Å². The fourth-order valence-corrected chi connectivity index (χ4v) is 10.5. The predicted molar refractivity (Wildman–Crippen MR) is 155 cm³/mol. The number of pyridine rings is 1. The Bertz CT molecular complexity index is 2400. The van der Waals surface area contributed by atoms with E-state index in [0.29, 0.717) is 0 Å². The van der Waals surface area contributed by atoms with Crippen LogP contribution in [0.4, 0.5) is 17.2 Å². The number of benzene rings is 4. The Labute approximate surface area is 236 Å². The predicted octanol–water partition coefficient (Wildman–Crippen LogP) is 6.79. The summed E-state index contributed by atoms with van der Waals surface area (Å²) < 4.78 is 9.95. The first-order valence-electron chi connectivity index (χ1n) is 13.5. The van der Waals surface area contributed by atoms with Gasteiger partial charge in [-0.2, -0.15) is 9.47 Å². The Morgan fingerprint density at radius 1 is 0.625 bits per heavy atom. The summed E-state index contributed by atoms with van der Waals surface area (Å²) in [6, 6.07) is 31.8. The van der Waals surface area contributed by atoms with Gasteiger partial charge in [-0.25, -0.2) is 0 Å². The average Bonchev–Trinajstić information content (AvgIpc) is 3.68. The second-order valence-electron chi connectivity index (χ2n) is 11.1. The minimum absolute atomic E-state index is 0.545. The van der Waals surface area contributed by atoms with E-state index in [0.717, 1.165) is 0 Å². The largest absolute Gasteiger partial charge is 0.394 e. The normalized spacial score (nSPS) is 18.9. The molecule has 5 nitrogen and oxygen atoms in total. The van der Waals surface area contributed by atoms with Crippen molar-refractivity contribution >= 4 is 62.5 Å². The van der Waals surface area contributed by atoms with Gasteiger partial charge in [0.15, 0.2) is 11.4 Å². The molecule has 1 spiro atoms. The lowest BCUT2D eigenvalue weighted by Crippen LogP contribution is -2.77. The van der Waals surface area contributed by atoms with E-state index in [4.69, 9.17) is 0 Å². The van der Waals surface area contributed by atoms with Crippen molar-refractivity contribution in [3.05, 3.63) is 115 Å². The van der Waals surface area contributed by atoms with Gasteiger partial charge in [0.1, 0.15) is 21.7 Å². The van der Waals surface area contributed by atoms with Gasteiger partial charge in [0.2, 0.25) is 6.20 Å². The van der Waals surface area contributed by atoms with Crippen LogP contribution in [-0.2, 0) is 5.66 Å². The number of nitrogens with zero attached hydrogens (tertiary/aromatic N) is 5. The van der Waals surface area contributed by atoms with Crippen molar-refractivity contribution in [2.45, 2.75) is 25.2 Å². The van der Waals surface area contributed by atoms with Gasteiger partial charge >= 0.3 is 11.5 Å². The van der Waals surface area contributed by atoms with Gasteiger partial charge in [0, 0.05) is 16.8 Å². The lowest BCUT2D eigenvalue weighted by atomic mass is 9.82. The second kappa shape index (κ2) is 5.99. The highest BCUT2D eigenvalue weighted by Gasteiger charge is 2.70. The molecule has 1 atom stereocenters. The van der Waals surface area contributed by atoms with Crippen LogP contribution < -0.4 is 14.1 Å². The molecule has 5 aliphatic heterocycles. The van der Waals surface area contributed by atoms with E-state index in [9.17, 15) is 0 Å². The van der Waals surface area contributed by atoms with Crippen LogP contribution in [0.5, 0.6) is 0 Å². The van der Waals surface area contributed by atoms with Crippen LogP contribution in [0.25, 0.3) is 33.2 Å². The van der Waals surface area contributed by atoms with Crippen molar-refractivity contribution in [1.82, 2.24) is 9.25 Å². The molecule has 184 valence electrons. The Morgan fingerprint density at radius 2 is 1.45 bits per heavy atom. The van der Waals surface area contributed by atoms with Gasteiger partial charge in [-0.15, -0.1) is 4.68 Å². The Morgan fingerprint density at radius 3 is 2.40 bits per heavy atom. The van der Waals surface area contributed by atoms with Gasteiger partial charge in [0.25, 0.3) is 0 Å². The molecule has 40 heavy (non-hydrogen) atoms. The fourth-order valence-electron chi connectivity index (χ4n) is 8.23. The monoisotopic (exact) mass is 547 g/mol. The Balaban J connectivity index is 1.42. The molecule has 7 aromatic rings. The molecule has 0 bridgehead atoms. The summed E-state index contributed by atoms with van der Waals surface area (Å²) in [5.41, 5.74) is 9.90. The van der Waals surface area contributed by atoms with Crippen LogP contribution in [0, 0.1) is 0 Å². The highest BCUT2D eigenvalue weighted by molar-refractivity contribution is 8.00. The minimum Gasteiger partial charge on any atom is -0.307 e. The molecule has 12 rings (SSSR count). The van der Waals surface area contributed by atoms with E-state index in [-0.39, 0.29) is 0 Å². The van der Waals surface area contributed by atoms with Crippen molar-refractivity contribution in [1.29, 1.82) is 0 Å². The third-order valence-electron chi connectivity index (χ3n) is 9.48. The number of fused-ring (bicyclic) bond motifs is 6. The third-order valence-corrected chi connectivity index (χ3v) is 11.7. The Hall–Kier alpha value is -4.46. The highest BCUT2D eigenvalue weighted by atomic mass is 32.2. The Kier molecular flexibility index (Phi) is 2.93. The van der Waals surface area contributed by atoms with Gasteiger partial charge in [-0.1, -0.05) is 52.5 Å². The van der Waals surface area contributed by atoms with Crippen LogP contribution in [0.2, 0.25) is 0 Å². The van der Waals surface area contributed by atoms with Crippen molar-refractivity contribution in [3.63, 3.8) is 0 Å². The van der Waals surface area contributed by atoms with Crippen molar-refractivity contribution in [2.24, 2.45) is 0 Å². The fraction of sp³-hybridized carbons (Fsp3) is 0.0303. The van der Waals surface area contributed by atoms with E-state index in [2.05, 4.69) is 127 Å². The van der Waals surface area contributed by atoms with Crippen LogP contribution in [0.1, 0.15) is 11.1 Å². The lowest BCUT2D eigenvalue weighted by Gasteiger charge is -2.42. The van der Waals surface area contributed by atoms with E-state index in [1.54, 1.807) is 0 Å². The topological polar surface area (TPSA) is 20.9 Å². The van der Waals surface area contributed by atoms with Crippen molar-refractivity contribution < 1.29 is 9.25 Å². The maximum Gasteiger partial charge on any atom is 0.394 e. The summed E-state index contributed by atoms with van der Waals surface area (Å²) in [6.07, 6.45) is 6.79. The number of hydrogen-bond acceptors (Lipinski definition) is 3. The van der Waals surface area contributed by atoms with Crippen LogP contribution in [0.3, 0.4) is 0 Å². The molecule has 0 saturated carbocycles. The summed E-state index contributed by atoms with van der Waals surface area (Å²) in [6.45, 7) is 0. The molecule has 5 aliphatic rings. The molecule has 0 saturated heterocycles. The summed E-state index contributed by atoms with van der Waals surface area (Å²) in [4.78, 5) is 7.83. The zero-order chi connectivity index (χ0) is 25.5. The van der Waals surface area contributed by atoms with Crippen molar-refractivity contribution in [3.8, 4) is 11.4 Å². The average molecular weight is 548 g/mol. The number of anilines is 3. The molecule has 0 fully saturated rings. The van der Waals surface area contributed by atoms with Gasteiger partial charge in [-0.3, -0.25) is 0 Å². The number of aromatic nitrogens is 4. The number of rotatable bonds is 0. The van der Waals surface area contributed by atoms with Crippen LogP contribution >= 0.6 is 23.5 Å². The third kappa shape index (κ3) is 1.75. The summed E-state index contributed by atoms with van der Waals surface area (Å²) in [5, 5.41) is 2.62. The molecular formula is C33H17N5S2+2. The zero-order valence-electron chi connectivity index (χ0n) is 20.9. The van der Waals surface area contributed by atoms with Crippen LogP contribution in [0.15, 0.2) is 123 Å². The van der Waals surface area contributed by atoms with E-state index >= 15 is 0 Å². The molecule has 0 amide bonds. The zero-order valence-corrected chi connectivity index (χ0v) is 22.5. The first-order chi connectivity index (χ1) is 19.9. The van der Waals surface area contributed by atoms with Crippen LogP contribution in [-0.4, -0.2) is 9.25 Å². The summed E-state index contributed by atoms with van der Waals surface area (Å²) >= 11 is 3.81. The smallest absolute Gasteiger partial charge is 0.307 e. The first-order valence-corrected chi connectivity index (χ1v) is 15.2. The second-order valence-corrected chi connectivity index (χ2v) is 13.2. The van der Waals surface area contributed by atoms with E-state index in [1.165, 1.54) is 81.1 Å². The number of para-hydroxylation sites is 2. The SMILES string of the molecule is c1cc2c3c(c1)Sc1ccc[n+]4c1N3c1c(ccc3c1C41c4c(ccc5c6ccccc6n-3c45)-n3ccc[n+]31)S2. The lowest BCUT2D eigenvalue weighted by molar-refractivity contribution is -0.991. The summed E-state index contributed by atoms with van der Waals surface area (Å²) in [7, 11) is 0. The minimum atomic E-state index is -0.545. The number of hydrogen-bond donors (Lipinski definition) is 0. The molecule has 3 aromatic heterocycles. The molecule has 4 aromatic carbocycles. The van der Waals surface area contributed by atoms with Crippen molar-refractivity contribution in [2.75, 3.05) is 4.90 Å². The first kappa shape index (κ1) is 19.6. The quantitative estimate of drug-likeness (QED) is 0.195. The molecule has 7 heteroatoms. The molecule has 8 heterocycles. The molecule has 0 radical (unpaired) electrons. The molecule has 0 aliphatic carbocycles. The maximum atomic E-state index is 2.58. The maximum absolute atomic E-state index is 2.58. The molecule has 1 unspecified atom stereocenters. The highest BCUT2D eigenvalue weighted by Crippen LogP contribution is 2.65. The van der Waals surface area contributed by atoms with Gasteiger partial charge in [-0.05, 0) is 54.6 Å². The molecule has 0 N–H and O–H groups in total. The van der Waals surface area contributed by atoms with Gasteiger partial charge in [0.05, 0.1) is 43.8 Å². The summed E-state index contributed by atoms with van der Waals surface area (Å²) in [5.74, 6) is 1.26. The molecular weight excluding hydrogens is 531 g/mol. The van der Waals surface area contributed by atoms with E-state index < -0.39 is 5.66 Å². The standard InChI is InChI=1S/C33H17N5S2/c1-2-7-20-18(6-1)19-11-12-21-27-29(19)37(20)22-13-14-25-31-28(22)33(27,36-17-5-16-35(21)36)34-15-4-10-26-32(34)38(31)30-23(39-25)8-3-9-24(30)40-26/h1-17H/q+2.